The topological polar surface area (TPSA) is 64.6 Å². The van der Waals surface area contributed by atoms with Gasteiger partial charge in [-0.25, -0.2) is 14.5 Å². The van der Waals surface area contributed by atoms with E-state index in [9.17, 15) is 14.1 Å². The molecule has 0 bridgehead atoms. The average molecular weight is 352 g/mol. The fourth-order valence-electron chi connectivity index (χ4n) is 1.27. The molecule has 1 rings (SSSR count). The van der Waals surface area contributed by atoms with Gasteiger partial charge in [-0.1, -0.05) is 37.0 Å². The molecule has 0 spiro atoms. The second kappa shape index (κ2) is 10.9. The minimum atomic E-state index is -1.38. The summed E-state index contributed by atoms with van der Waals surface area (Å²) >= 11 is 11.6. The number of esters is 1. The van der Waals surface area contributed by atoms with Crippen molar-refractivity contribution in [1.82, 2.24) is 0 Å². The number of nitrogens with one attached hydrogen (secondary N) is 1. The first-order valence-electron chi connectivity index (χ1n) is 6.40. The lowest BCUT2D eigenvalue weighted by atomic mass is 10.3. The van der Waals surface area contributed by atoms with E-state index in [0.717, 1.165) is 6.08 Å². The van der Waals surface area contributed by atoms with Gasteiger partial charge in [-0.2, -0.15) is 0 Å². The lowest BCUT2D eigenvalue weighted by Gasteiger charge is -2.08. The van der Waals surface area contributed by atoms with Gasteiger partial charge in [0.05, 0.1) is 12.7 Å². The van der Waals surface area contributed by atoms with E-state index < -0.39 is 17.6 Å². The zero-order valence-corrected chi connectivity index (χ0v) is 13.8. The quantitative estimate of drug-likeness (QED) is 0.632. The second-order valence-corrected chi connectivity index (χ2v) is 4.33. The van der Waals surface area contributed by atoms with E-state index in [1.165, 1.54) is 18.2 Å². The van der Waals surface area contributed by atoms with Gasteiger partial charge in [-0.3, -0.25) is 0 Å². The Balaban J connectivity index is 0.00000211. The third kappa shape index (κ3) is 7.28. The highest BCUT2D eigenvalue weighted by molar-refractivity contribution is 6.35. The summed E-state index contributed by atoms with van der Waals surface area (Å²) in [6, 6.07) is 4.33. The Bertz CT molecular complexity index is 529. The minimum Gasteiger partial charge on any atom is -0.463 e. The number of carbonyl (C=O) groups excluding carboxylic acids is 2. The molecule has 5 nitrogen and oxygen atoms in total. The van der Waals surface area contributed by atoms with Gasteiger partial charge in [0.25, 0.3) is 0 Å². The smallest absolute Gasteiger partial charge is 0.395 e. The number of hydrogen-bond acceptors (Lipinski definition) is 5. The third-order valence-corrected chi connectivity index (χ3v) is 2.42. The Labute approximate surface area is 137 Å². The molecule has 1 aromatic carbocycles. The summed E-state index contributed by atoms with van der Waals surface area (Å²) in [6.07, 6.45) is 0.764. The van der Waals surface area contributed by atoms with Gasteiger partial charge in [0.2, 0.25) is 0 Å². The van der Waals surface area contributed by atoms with E-state index in [0.29, 0.717) is 10.0 Å². The molecule has 0 fully saturated rings. The van der Waals surface area contributed by atoms with Crippen molar-refractivity contribution in [2.24, 2.45) is 0 Å². The van der Waals surface area contributed by atoms with Gasteiger partial charge in [-0.05, 0) is 25.1 Å². The van der Waals surface area contributed by atoms with Crippen LogP contribution in [0.25, 0.3) is 0 Å². The maximum Gasteiger partial charge on any atom is 0.395 e. The van der Waals surface area contributed by atoms with Crippen molar-refractivity contribution in [3.05, 3.63) is 40.0 Å². The lowest BCUT2D eigenvalue weighted by molar-refractivity contribution is -0.178. The highest BCUT2D eigenvalue weighted by Gasteiger charge is 2.15. The van der Waals surface area contributed by atoms with Crippen LogP contribution >= 0.6 is 23.2 Å². The molecule has 0 aromatic heterocycles. The SMILES string of the molecule is CC.CCOC(=O)/C=C(\Nc1cc(Cl)cc(Cl)c1)C(=O)OF. The fraction of sp³-hybridized carbons (Fsp3) is 0.286. The van der Waals surface area contributed by atoms with Gasteiger partial charge in [0.15, 0.2) is 0 Å². The van der Waals surface area contributed by atoms with Crippen LogP contribution in [0.1, 0.15) is 20.8 Å². The summed E-state index contributed by atoms with van der Waals surface area (Å²) < 4.78 is 16.6. The largest absolute Gasteiger partial charge is 0.463 e. The van der Waals surface area contributed by atoms with Gasteiger partial charge < -0.3 is 10.1 Å². The first kappa shape index (κ1) is 20.2. The van der Waals surface area contributed by atoms with Crippen LogP contribution in [0.15, 0.2) is 30.0 Å². The van der Waals surface area contributed by atoms with Crippen LogP contribution in [-0.2, 0) is 19.3 Å². The Morgan fingerprint density at radius 1 is 1.23 bits per heavy atom. The molecule has 122 valence electrons. The second-order valence-electron chi connectivity index (χ2n) is 3.46. The van der Waals surface area contributed by atoms with E-state index in [4.69, 9.17) is 23.2 Å². The maximum absolute atomic E-state index is 12.0. The third-order valence-electron chi connectivity index (χ3n) is 1.98. The Kier molecular flexibility index (Phi) is 9.98. The molecule has 8 heteroatoms. The predicted molar refractivity (Wildman–Crippen MR) is 83.3 cm³/mol. The number of anilines is 1. The fourth-order valence-corrected chi connectivity index (χ4v) is 1.80. The monoisotopic (exact) mass is 351 g/mol. The molecule has 0 saturated carbocycles. The van der Waals surface area contributed by atoms with E-state index in [1.807, 2.05) is 13.8 Å². The lowest BCUT2D eigenvalue weighted by Crippen LogP contribution is -2.15. The van der Waals surface area contributed by atoms with Crippen molar-refractivity contribution in [3.8, 4) is 0 Å². The van der Waals surface area contributed by atoms with Crippen LogP contribution in [0.5, 0.6) is 0 Å². The van der Waals surface area contributed by atoms with Crippen molar-refractivity contribution in [1.29, 1.82) is 0 Å². The Morgan fingerprint density at radius 2 is 1.77 bits per heavy atom. The standard InChI is InChI=1S/C12H10Cl2FNO4.C2H6/c1-2-19-11(17)6-10(12(18)20-15)16-9-4-7(13)3-8(14)5-9;1-2/h3-6,16H,2H2,1H3;1-2H3/b10-6-;. The van der Waals surface area contributed by atoms with Crippen LogP contribution in [0.4, 0.5) is 10.2 Å². The number of hydrogen-bond donors (Lipinski definition) is 1. The molecule has 1 N–H and O–H groups in total. The van der Waals surface area contributed by atoms with Crippen LogP contribution in [0.3, 0.4) is 0 Å². The molecule has 0 amide bonds. The molecule has 1 aromatic rings. The van der Waals surface area contributed by atoms with Crippen LogP contribution in [-0.4, -0.2) is 18.5 Å². The van der Waals surface area contributed by atoms with Crippen molar-refractivity contribution in [2.75, 3.05) is 11.9 Å². The number of benzene rings is 1. The van der Waals surface area contributed by atoms with Crippen molar-refractivity contribution >= 4 is 40.8 Å². The number of carbonyl (C=O) groups is 2. The van der Waals surface area contributed by atoms with E-state index in [-0.39, 0.29) is 12.3 Å². The van der Waals surface area contributed by atoms with Crippen LogP contribution < -0.4 is 5.32 Å². The van der Waals surface area contributed by atoms with Crippen LogP contribution in [0.2, 0.25) is 10.0 Å². The minimum absolute atomic E-state index is 0.107. The van der Waals surface area contributed by atoms with Crippen LogP contribution in [0, 0.1) is 0 Å². The number of halogens is 3. The first-order chi connectivity index (χ1) is 10.5. The van der Waals surface area contributed by atoms with Gasteiger partial charge >= 0.3 is 11.9 Å². The number of rotatable bonds is 5. The van der Waals surface area contributed by atoms with E-state index in [2.05, 4.69) is 15.0 Å². The zero-order chi connectivity index (χ0) is 17.1. The molecule has 0 aliphatic rings. The van der Waals surface area contributed by atoms with E-state index in [1.54, 1.807) is 6.92 Å². The normalized spacial score (nSPS) is 10.2. The molecule has 0 aliphatic carbocycles. The highest BCUT2D eigenvalue weighted by Crippen LogP contribution is 2.23. The van der Waals surface area contributed by atoms with E-state index >= 15 is 0 Å². The maximum atomic E-state index is 12.0. The summed E-state index contributed by atoms with van der Waals surface area (Å²) in [5.41, 5.74) is -0.173. The Morgan fingerprint density at radius 3 is 2.23 bits per heavy atom. The molecular weight excluding hydrogens is 336 g/mol. The molecule has 0 radical (unpaired) electrons. The molecule has 0 aliphatic heterocycles. The van der Waals surface area contributed by atoms with Crippen molar-refractivity contribution in [3.63, 3.8) is 0 Å². The number of ether oxygens (including phenoxy) is 1. The predicted octanol–water partition coefficient (Wildman–Crippen LogP) is 4.31. The summed E-state index contributed by atoms with van der Waals surface area (Å²) in [4.78, 5) is 25.6. The summed E-state index contributed by atoms with van der Waals surface area (Å²) in [5, 5.41) is 3.07. The molecule has 0 heterocycles. The van der Waals surface area contributed by atoms with Gasteiger partial charge in [0, 0.05) is 20.3 Å². The van der Waals surface area contributed by atoms with Gasteiger partial charge in [-0.15, -0.1) is 0 Å². The Hall–Kier alpha value is -1.79. The summed E-state index contributed by atoms with van der Waals surface area (Å²) in [7, 11) is 0. The molecule has 22 heavy (non-hydrogen) atoms. The molecule has 0 unspecified atom stereocenters. The average Bonchev–Trinajstić information content (AvgIpc) is 2.47. The first-order valence-corrected chi connectivity index (χ1v) is 7.16. The van der Waals surface area contributed by atoms with Crippen molar-refractivity contribution in [2.45, 2.75) is 20.8 Å². The van der Waals surface area contributed by atoms with Gasteiger partial charge in [0.1, 0.15) is 5.70 Å². The zero-order valence-electron chi connectivity index (χ0n) is 12.3. The molecule has 0 atom stereocenters. The molecule has 0 saturated heterocycles. The highest BCUT2D eigenvalue weighted by atomic mass is 35.5. The summed E-state index contributed by atoms with van der Waals surface area (Å²) in [5.74, 6) is -2.21. The molecular formula is C14H16Cl2FNO4. The summed E-state index contributed by atoms with van der Waals surface area (Å²) in [6.45, 7) is 5.69. The van der Waals surface area contributed by atoms with Crippen molar-refractivity contribution < 1.29 is 23.8 Å².